The van der Waals surface area contributed by atoms with Gasteiger partial charge >= 0.3 is 0 Å². The number of ether oxygens (including phenoxy) is 4. The topological polar surface area (TPSA) is 64.6 Å². The van der Waals surface area contributed by atoms with Crippen LogP contribution < -0.4 is 19.5 Å². The van der Waals surface area contributed by atoms with Crippen LogP contribution in [0.1, 0.15) is 24.0 Å². The van der Waals surface area contributed by atoms with Crippen molar-refractivity contribution < 1.29 is 18.9 Å². The number of rotatable bonds is 6. The minimum absolute atomic E-state index is 0. The van der Waals surface area contributed by atoms with Crippen LogP contribution in [0.2, 0.25) is 0 Å². The Morgan fingerprint density at radius 2 is 1.81 bits per heavy atom. The Morgan fingerprint density at radius 3 is 2.50 bits per heavy atom. The molecule has 0 aliphatic carbocycles. The fraction of sp³-hybridized carbons (Fsp3) is 0.458. The summed E-state index contributed by atoms with van der Waals surface area (Å²) < 4.78 is 22.1. The molecule has 0 saturated carbocycles. The number of methoxy groups -OCH3 is 1. The SMILES string of the molecule is CN=C(NCC1(c2ccc3c(c2)OCO3)CCOCC1)N(C)Cc1ccc(OC)cc1.I. The van der Waals surface area contributed by atoms with E-state index < -0.39 is 0 Å². The second kappa shape index (κ2) is 11.1. The summed E-state index contributed by atoms with van der Waals surface area (Å²) in [5.74, 6) is 3.36. The molecule has 0 bridgehead atoms. The van der Waals surface area contributed by atoms with Gasteiger partial charge in [-0.05, 0) is 48.2 Å². The molecule has 2 aromatic carbocycles. The summed E-state index contributed by atoms with van der Waals surface area (Å²) >= 11 is 0. The summed E-state index contributed by atoms with van der Waals surface area (Å²) in [6.07, 6.45) is 1.89. The van der Waals surface area contributed by atoms with Crippen LogP contribution in [-0.2, 0) is 16.7 Å². The van der Waals surface area contributed by atoms with Gasteiger partial charge in [-0.2, -0.15) is 0 Å². The largest absolute Gasteiger partial charge is 0.497 e. The van der Waals surface area contributed by atoms with Gasteiger partial charge in [0.05, 0.1) is 7.11 Å². The maximum Gasteiger partial charge on any atom is 0.231 e. The molecule has 4 rings (SSSR count). The first-order chi connectivity index (χ1) is 15.1. The molecule has 32 heavy (non-hydrogen) atoms. The highest BCUT2D eigenvalue weighted by molar-refractivity contribution is 14.0. The van der Waals surface area contributed by atoms with Crippen molar-refractivity contribution in [3.8, 4) is 17.2 Å². The number of nitrogens with zero attached hydrogens (tertiary/aromatic N) is 2. The second-order valence-electron chi connectivity index (χ2n) is 8.07. The molecule has 7 nitrogen and oxygen atoms in total. The Morgan fingerprint density at radius 1 is 1.09 bits per heavy atom. The molecule has 0 spiro atoms. The zero-order chi connectivity index (χ0) is 21.7. The lowest BCUT2D eigenvalue weighted by atomic mass is 9.74. The monoisotopic (exact) mass is 553 g/mol. The molecule has 1 saturated heterocycles. The third-order valence-electron chi connectivity index (χ3n) is 6.17. The van der Waals surface area contributed by atoms with Gasteiger partial charge in [0, 0.05) is 45.8 Å². The van der Waals surface area contributed by atoms with E-state index in [0.717, 1.165) is 62.4 Å². The molecule has 0 atom stereocenters. The highest BCUT2D eigenvalue weighted by Gasteiger charge is 2.36. The Bertz CT molecular complexity index is 914. The summed E-state index contributed by atoms with van der Waals surface area (Å²) in [6.45, 7) is 3.31. The Kier molecular flexibility index (Phi) is 8.47. The standard InChI is InChI=1S/C24H31N3O4.HI/c1-25-23(27(2)15-18-4-7-20(28-3)8-5-18)26-16-24(10-12-29-13-11-24)19-6-9-21-22(14-19)31-17-30-21;/h4-9,14H,10-13,15-17H2,1-3H3,(H,25,26);1H. The van der Waals surface area contributed by atoms with Crippen molar-refractivity contribution >= 4 is 29.9 Å². The summed E-state index contributed by atoms with van der Waals surface area (Å²) in [7, 11) is 5.56. The summed E-state index contributed by atoms with van der Waals surface area (Å²) in [6, 6.07) is 14.4. The predicted molar refractivity (Wildman–Crippen MR) is 136 cm³/mol. The van der Waals surface area contributed by atoms with Crippen molar-refractivity contribution in [2.24, 2.45) is 4.99 Å². The fourth-order valence-corrected chi connectivity index (χ4v) is 4.27. The lowest BCUT2D eigenvalue weighted by Crippen LogP contribution is -2.48. The van der Waals surface area contributed by atoms with E-state index >= 15 is 0 Å². The van der Waals surface area contributed by atoms with E-state index in [1.165, 1.54) is 11.1 Å². The van der Waals surface area contributed by atoms with Crippen LogP contribution in [0.5, 0.6) is 17.2 Å². The highest BCUT2D eigenvalue weighted by atomic mass is 127. The van der Waals surface area contributed by atoms with Crippen molar-refractivity contribution in [1.29, 1.82) is 0 Å². The first-order valence-corrected chi connectivity index (χ1v) is 10.7. The molecule has 0 unspecified atom stereocenters. The van der Waals surface area contributed by atoms with E-state index in [1.807, 2.05) is 25.2 Å². The Hall–Kier alpha value is -2.20. The maximum atomic E-state index is 5.68. The lowest BCUT2D eigenvalue weighted by Gasteiger charge is -2.39. The smallest absolute Gasteiger partial charge is 0.231 e. The number of aliphatic imine (C=N–C) groups is 1. The molecule has 1 N–H and O–H groups in total. The summed E-state index contributed by atoms with van der Waals surface area (Å²) in [5.41, 5.74) is 2.40. The molecule has 174 valence electrons. The van der Waals surface area contributed by atoms with Crippen molar-refractivity contribution in [2.45, 2.75) is 24.8 Å². The van der Waals surface area contributed by atoms with Gasteiger partial charge in [-0.15, -0.1) is 24.0 Å². The van der Waals surface area contributed by atoms with Gasteiger partial charge in [-0.25, -0.2) is 0 Å². The zero-order valence-electron chi connectivity index (χ0n) is 18.9. The molecule has 8 heteroatoms. The van der Waals surface area contributed by atoms with Crippen LogP contribution in [0.3, 0.4) is 0 Å². The van der Waals surface area contributed by atoms with Crippen LogP contribution in [-0.4, -0.2) is 58.6 Å². The van der Waals surface area contributed by atoms with Gasteiger partial charge in [0.1, 0.15) is 5.75 Å². The molecular weight excluding hydrogens is 521 g/mol. The zero-order valence-corrected chi connectivity index (χ0v) is 21.3. The van der Waals surface area contributed by atoms with Crippen molar-refractivity contribution in [3.63, 3.8) is 0 Å². The average molecular weight is 553 g/mol. The first kappa shape index (κ1) is 24.4. The molecule has 2 aliphatic rings. The minimum atomic E-state index is -0.0455. The van der Waals surface area contributed by atoms with Gasteiger partial charge in [0.2, 0.25) is 6.79 Å². The molecule has 0 radical (unpaired) electrons. The molecule has 0 aromatic heterocycles. The van der Waals surface area contributed by atoms with Crippen LogP contribution in [0.4, 0.5) is 0 Å². The molecule has 2 aliphatic heterocycles. The van der Waals surface area contributed by atoms with E-state index in [9.17, 15) is 0 Å². The number of fused-ring (bicyclic) bond motifs is 1. The molecule has 2 heterocycles. The number of halogens is 1. The molecule has 2 aromatic rings. The van der Waals surface area contributed by atoms with E-state index in [4.69, 9.17) is 18.9 Å². The van der Waals surface area contributed by atoms with E-state index in [1.54, 1.807) is 7.11 Å². The fourth-order valence-electron chi connectivity index (χ4n) is 4.27. The quantitative estimate of drug-likeness (QED) is 0.334. The van der Waals surface area contributed by atoms with Gasteiger partial charge in [0.25, 0.3) is 0 Å². The Labute approximate surface area is 207 Å². The number of hydrogen-bond acceptors (Lipinski definition) is 5. The molecular formula is C24H32IN3O4. The average Bonchev–Trinajstić information content (AvgIpc) is 3.28. The second-order valence-corrected chi connectivity index (χ2v) is 8.07. The number of nitrogens with one attached hydrogen (secondary N) is 1. The van der Waals surface area contributed by atoms with E-state index in [0.29, 0.717) is 0 Å². The lowest BCUT2D eigenvalue weighted by molar-refractivity contribution is 0.0511. The number of benzene rings is 2. The van der Waals surface area contributed by atoms with Crippen molar-refractivity contribution in [2.75, 3.05) is 47.8 Å². The third-order valence-corrected chi connectivity index (χ3v) is 6.17. The van der Waals surface area contributed by atoms with Crippen molar-refractivity contribution in [3.05, 3.63) is 53.6 Å². The van der Waals surface area contributed by atoms with Crippen LogP contribution in [0.25, 0.3) is 0 Å². The van der Waals surface area contributed by atoms with Gasteiger partial charge in [0.15, 0.2) is 17.5 Å². The predicted octanol–water partition coefficient (Wildman–Crippen LogP) is 3.80. The summed E-state index contributed by atoms with van der Waals surface area (Å²) in [4.78, 5) is 6.65. The van der Waals surface area contributed by atoms with Gasteiger partial charge < -0.3 is 29.2 Å². The number of hydrogen-bond donors (Lipinski definition) is 1. The normalized spacial score (nSPS) is 16.8. The van der Waals surface area contributed by atoms with Gasteiger partial charge in [-0.3, -0.25) is 4.99 Å². The van der Waals surface area contributed by atoms with E-state index in [-0.39, 0.29) is 36.2 Å². The van der Waals surface area contributed by atoms with Crippen LogP contribution >= 0.6 is 24.0 Å². The first-order valence-electron chi connectivity index (χ1n) is 10.7. The number of guanidine groups is 1. The minimum Gasteiger partial charge on any atom is -0.497 e. The van der Waals surface area contributed by atoms with Crippen molar-refractivity contribution in [1.82, 2.24) is 10.2 Å². The Balaban J connectivity index is 0.00000289. The van der Waals surface area contributed by atoms with Gasteiger partial charge in [-0.1, -0.05) is 18.2 Å². The molecule has 1 fully saturated rings. The maximum absolute atomic E-state index is 5.68. The van der Waals surface area contributed by atoms with Crippen LogP contribution in [0, 0.1) is 0 Å². The summed E-state index contributed by atoms with van der Waals surface area (Å²) in [5, 5.41) is 3.61. The third kappa shape index (κ3) is 5.40. The highest BCUT2D eigenvalue weighted by Crippen LogP contribution is 2.40. The van der Waals surface area contributed by atoms with Crippen LogP contribution in [0.15, 0.2) is 47.5 Å². The molecule has 0 amide bonds. The van der Waals surface area contributed by atoms with E-state index in [2.05, 4.69) is 46.5 Å².